The summed E-state index contributed by atoms with van der Waals surface area (Å²) in [5, 5.41) is 0. The Bertz CT molecular complexity index is 702. The Morgan fingerprint density at radius 1 is 1.32 bits per heavy atom. The predicted octanol–water partition coefficient (Wildman–Crippen LogP) is 3.21. The number of likely N-dealkylation sites (tertiary alicyclic amines) is 1. The molecule has 2 heterocycles. The first-order valence-electron chi connectivity index (χ1n) is 8.87. The van der Waals surface area contributed by atoms with Crippen molar-refractivity contribution < 1.29 is 4.74 Å². The maximum atomic E-state index is 6.17. The minimum atomic E-state index is 0.460. The van der Waals surface area contributed by atoms with Gasteiger partial charge in [0.2, 0.25) is 0 Å². The van der Waals surface area contributed by atoms with Gasteiger partial charge in [0.15, 0.2) is 5.96 Å². The second-order valence-electron chi connectivity index (χ2n) is 6.62. The first-order chi connectivity index (χ1) is 12.2. The molecule has 1 fully saturated rings. The van der Waals surface area contributed by atoms with Gasteiger partial charge in [-0.25, -0.2) is 4.99 Å². The quantitative estimate of drug-likeness (QED) is 0.672. The SMILES string of the molecule is CC1CCCN(C(N)=NCc2cccc(OCc3ccccn3)c2)C1. The molecule has 1 aliphatic heterocycles. The second-order valence-corrected chi connectivity index (χ2v) is 6.62. The summed E-state index contributed by atoms with van der Waals surface area (Å²) in [5.41, 5.74) is 8.17. The van der Waals surface area contributed by atoms with Crippen LogP contribution in [-0.2, 0) is 13.2 Å². The number of hydrogen-bond donors (Lipinski definition) is 1. The van der Waals surface area contributed by atoms with Gasteiger partial charge in [-0.15, -0.1) is 0 Å². The number of benzene rings is 1. The molecule has 0 aliphatic carbocycles. The van der Waals surface area contributed by atoms with E-state index in [2.05, 4.69) is 21.8 Å². The zero-order chi connectivity index (χ0) is 17.5. The van der Waals surface area contributed by atoms with Crippen molar-refractivity contribution in [3.05, 3.63) is 59.9 Å². The Morgan fingerprint density at radius 3 is 3.04 bits per heavy atom. The number of aromatic nitrogens is 1. The zero-order valence-electron chi connectivity index (χ0n) is 14.8. The monoisotopic (exact) mass is 338 g/mol. The first-order valence-corrected chi connectivity index (χ1v) is 8.87. The van der Waals surface area contributed by atoms with E-state index in [1.54, 1.807) is 6.20 Å². The molecule has 2 N–H and O–H groups in total. The van der Waals surface area contributed by atoms with Gasteiger partial charge in [-0.3, -0.25) is 4.98 Å². The van der Waals surface area contributed by atoms with Crippen molar-refractivity contribution in [1.29, 1.82) is 0 Å². The molecule has 3 rings (SSSR count). The molecular formula is C20H26N4O. The molecule has 2 aromatic rings. The first kappa shape index (κ1) is 17.3. The highest BCUT2D eigenvalue weighted by atomic mass is 16.5. The van der Waals surface area contributed by atoms with Crippen molar-refractivity contribution in [2.75, 3.05) is 13.1 Å². The largest absolute Gasteiger partial charge is 0.487 e. The third-order valence-corrected chi connectivity index (χ3v) is 4.42. The Hall–Kier alpha value is -2.56. The highest BCUT2D eigenvalue weighted by Crippen LogP contribution is 2.17. The molecule has 1 atom stereocenters. The molecule has 1 aromatic carbocycles. The lowest BCUT2D eigenvalue weighted by Crippen LogP contribution is -2.43. The van der Waals surface area contributed by atoms with Crippen LogP contribution < -0.4 is 10.5 Å². The third kappa shape index (κ3) is 5.21. The van der Waals surface area contributed by atoms with Gasteiger partial charge in [0.1, 0.15) is 12.4 Å². The minimum absolute atomic E-state index is 0.460. The van der Waals surface area contributed by atoms with Crippen molar-refractivity contribution in [3.63, 3.8) is 0 Å². The van der Waals surface area contributed by atoms with E-state index in [4.69, 9.17) is 10.5 Å². The van der Waals surface area contributed by atoms with Gasteiger partial charge < -0.3 is 15.4 Å². The molecule has 25 heavy (non-hydrogen) atoms. The Labute approximate surface area is 149 Å². The molecule has 5 nitrogen and oxygen atoms in total. The molecule has 0 amide bonds. The van der Waals surface area contributed by atoms with Crippen molar-refractivity contribution >= 4 is 5.96 Å². The van der Waals surface area contributed by atoms with Gasteiger partial charge in [-0.2, -0.15) is 0 Å². The van der Waals surface area contributed by atoms with Gasteiger partial charge >= 0.3 is 0 Å². The van der Waals surface area contributed by atoms with E-state index in [0.717, 1.165) is 30.1 Å². The van der Waals surface area contributed by atoms with Crippen molar-refractivity contribution in [1.82, 2.24) is 9.88 Å². The number of nitrogens with zero attached hydrogens (tertiary/aromatic N) is 3. The summed E-state index contributed by atoms with van der Waals surface area (Å²) in [4.78, 5) is 11.0. The fourth-order valence-corrected chi connectivity index (χ4v) is 3.04. The van der Waals surface area contributed by atoms with Crippen LogP contribution in [0.25, 0.3) is 0 Å². The summed E-state index contributed by atoms with van der Waals surface area (Å²) in [7, 11) is 0. The number of aliphatic imine (C=N–C) groups is 1. The van der Waals surface area contributed by atoms with E-state index in [0.29, 0.717) is 25.0 Å². The molecule has 0 radical (unpaired) electrons. The van der Waals surface area contributed by atoms with Gasteiger partial charge in [-0.05, 0) is 48.6 Å². The predicted molar refractivity (Wildman–Crippen MR) is 100 cm³/mol. The Morgan fingerprint density at radius 2 is 2.24 bits per heavy atom. The number of rotatable bonds is 5. The van der Waals surface area contributed by atoms with E-state index in [1.165, 1.54) is 12.8 Å². The summed E-state index contributed by atoms with van der Waals surface area (Å²) < 4.78 is 5.82. The molecule has 5 heteroatoms. The summed E-state index contributed by atoms with van der Waals surface area (Å²) >= 11 is 0. The number of nitrogens with two attached hydrogens (primary N) is 1. The Balaban J connectivity index is 1.56. The van der Waals surface area contributed by atoms with Crippen LogP contribution in [0.4, 0.5) is 0 Å². The van der Waals surface area contributed by atoms with Crippen LogP contribution in [0, 0.1) is 5.92 Å². The second kappa shape index (κ2) is 8.51. The lowest BCUT2D eigenvalue weighted by atomic mass is 10.0. The van der Waals surface area contributed by atoms with Gasteiger partial charge in [0, 0.05) is 19.3 Å². The zero-order valence-corrected chi connectivity index (χ0v) is 14.8. The Kier molecular flexibility index (Phi) is 5.88. The molecule has 0 bridgehead atoms. The summed E-state index contributed by atoms with van der Waals surface area (Å²) in [5.74, 6) is 2.15. The molecule has 0 spiro atoms. The van der Waals surface area contributed by atoms with Crippen LogP contribution in [0.1, 0.15) is 31.0 Å². The average Bonchev–Trinajstić information content (AvgIpc) is 2.66. The average molecular weight is 338 g/mol. The normalized spacial score (nSPS) is 18.2. The third-order valence-electron chi connectivity index (χ3n) is 4.42. The number of hydrogen-bond acceptors (Lipinski definition) is 3. The van der Waals surface area contributed by atoms with Gasteiger partial charge in [0.05, 0.1) is 12.2 Å². The summed E-state index contributed by atoms with van der Waals surface area (Å²) in [6, 6.07) is 13.8. The van der Waals surface area contributed by atoms with Crippen LogP contribution in [-0.4, -0.2) is 28.9 Å². The maximum Gasteiger partial charge on any atom is 0.191 e. The smallest absolute Gasteiger partial charge is 0.191 e. The van der Waals surface area contributed by atoms with E-state index in [-0.39, 0.29) is 0 Å². The van der Waals surface area contributed by atoms with Crippen LogP contribution >= 0.6 is 0 Å². The van der Waals surface area contributed by atoms with Crippen LogP contribution in [0.2, 0.25) is 0 Å². The maximum absolute atomic E-state index is 6.17. The van der Waals surface area contributed by atoms with Crippen LogP contribution in [0.5, 0.6) is 5.75 Å². The molecule has 0 saturated carbocycles. The molecule has 1 aromatic heterocycles. The van der Waals surface area contributed by atoms with E-state index >= 15 is 0 Å². The molecule has 1 unspecified atom stereocenters. The fraction of sp³-hybridized carbons (Fsp3) is 0.400. The van der Waals surface area contributed by atoms with Crippen molar-refractivity contribution in [2.45, 2.75) is 32.9 Å². The minimum Gasteiger partial charge on any atom is -0.487 e. The highest BCUT2D eigenvalue weighted by molar-refractivity contribution is 5.78. The van der Waals surface area contributed by atoms with Crippen LogP contribution in [0.15, 0.2) is 53.7 Å². The van der Waals surface area contributed by atoms with Crippen molar-refractivity contribution in [2.24, 2.45) is 16.6 Å². The number of guanidine groups is 1. The number of piperidine rings is 1. The number of ether oxygens (including phenoxy) is 1. The summed E-state index contributed by atoms with van der Waals surface area (Å²) in [6.45, 7) is 5.30. The van der Waals surface area contributed by atoms with Crippen LogP contribution in [0.3, 0.4) is 0 Å². The highest BCUT2D eigenvalue weighted by Gasteiger charge is 2.17. The van der Waals surface area contributed by atoms with E-state index < -0.39 is 0 Å². The topological polar surface area (TPSA) is 63.7 Å². The fourth-order valence-electron chi connectivity index (χ4n) is 3.04. The van der Waals surface area contributed by atoms with Gasteiger partial charge in [-0.1, -0.05) is 25.1 Å². The van der Waals surface area contributed by atoms with E-state index in [1.807, 2.05) is 42.5 Å². The molecular weight excluding hydrogens is 312 g/mol. The molecule has 1 aliphatic rings. The van der Waals surface area contributed by atoms with Gasteiger partial charge in [0.25, 0.3) is 0 Å². The number of pyridine rings is 1. The lowest BCUT2D eigenvalue weighted by Gasteiger charge is -2.31. The van der Waals surface area contributed by atoms with Crippen molar-refractivity contribution in [3.8, 4) is 5.75 Å². The van der Waals surface area contributed by atoms with E-state index in [9.17, 15) is 0 Å². The summed E-state index contributed by atoms with van der Waals surface area (Å²) in [6.07, 6.45) is 4.24. The molecule has 132 valence electrons. The lowest BCUT2D eigenvalue weighted by molar-refractivity contribution is 0.270. The standard InChI is InChI=1S/C20H26N4O/c1-16-6-5-11-24(14-16)20(21)23-13-17-7-4-9-19(12-17)25-15-18-8-2-3-10-22-18/h2-4,7-10,12,16H,5-6,11,13-15H2,1H3,(H2,21,23). The molecule has 1 saturated heterocycles.